The number of amides is 1. The van der Waals surface area contributed by atoms with Gasteiger partial charge in [-0.1, -0.05) is 35.5 Å². The van der Waals surface area contributed by atoms with E-state index in [0.717, 1.165) is 5.56 Å². The number of oxime groups is 1. The molecule has 1 atom stereocenters. The van der Waals surface area contributed by atoms with Crippen molar-refractivity contribution in [2.24, 2.45) is 5.16 Å². The third-order valence-electron chi connectivity index (χ3n) is 3.64. The van der Waals surface area contributed by atoms with E-state index in [-0.39, 0.29) is 18.2 Å². The standard InChI is InChI=1S/C16H13F3N2O3S/c17-16(18,19)15(23)8-12(21-24-15)11-5-3-10(4-6-11)9-20-14(22)13-2-1-7-25-13/h1-7,23H,8-9H2,(H,20,22). The minimum Gasteiger partial charge on any atom is -0.350 e. The van der Waals surface area contributed by atoms with Crippen molar-refractivity contribution in [3.05, 3.63) is 57.8 Å². The van der Waals surface area contributed by atoms with E-state index in [0.29, 0.717) is 10.4 Å². The minimum absolute atomic E-state index is 0.00833. The summed E-state index contributed by atoms with van der Waals surface area (Å²) in [6.45, 7) is 0.284. The zero-order valence-electron chi connectivity index (χ0n) is 12.7. The molecule has 25 heavy (non-hydrogen) atoms. The Bertz CT molecular complexity index is 788. The molecule has 0 saturated carbocycles. The lowest BCUT2D eigenvalue weighted by Gasteiger charge is -2.22. The summed E-state index contributed by atoms with van der Waals surface area (Å²) < 4.78 is 38.1. The molecule has 0 aliphatic carbocycles. The molecular formula is C16H13F3N2O3S. The first-order valence-corrected chi connectivity index (χ1v) is 8.12. The molecule has 132 valence electrons. The van der Waals surface area contributed by atoms with Crippen molar-refractivity contribution < 1.29 is 27.9 Å². The Kier molecular flexibility index (Phi) is 4.53. The Morgan fingerprint density at radius 3 is 2.60 bits per heavy atom. The van der Waals surface area contributed by atoms with Crippen LogP contribution in [-0.4, -0.2) is 28.7 Å². The summed E-state index contributed by atoms with van der Waals surface area (Å²) in [4.78, 5) is 16.6. The molecule has 0 radical (unpaired) electrons. The van der Waals surface area contributed by atoms with Gasteiger partial charge in [0.1, 0.15) is 0 Å². The molecule has 0 spiro atoms. The van der Waals surface area contributed by atoms with E-state index in [1.54, 1.807) is 41.8 Å². The van der Waals surface area contributed by atoms with Gasteiger partial charge >= 0.3 is 12.0 Å². The summed E-state index contributed by atoms with van der Waals surface area (Å²) in [5.41, 5.74) is 1.20. The second-order valence-corrected chi connectivity index (χ2v) is 6.39. The van der Waals surface area contributed by atoms with Gasteiger partial charge in [-0.2, -0.15) is 13.2 Å². The molecule has 1 amide bonds. The Labute approximate surface area is 144 Å². The minimum atomic E-state index is -4.93. The summed E-state index contributed by atoms with van der Waals surface area (Å²) in [5, 5.41) is 17.3. The topological polar surface area (TPSA) is 70.9 Å². The van der Waals surface area contributed by atoms with Crippen LogP contribution >= 0.6 is 11.3 Å². The summed E-state index contributed by atoms with van der Waals surface area (Å²) in [6.07, 6.45) is -5.70. The number of rotatable bonds is 4. The highest BCUT2D eigenvalue weighted by Gasteiger charge is 2.60. The summed E-state index contributed by atoms with van der Waals surface area (Å²) in [5.74, 6) is -3.47. The first-order chi connectivity index (χ1) is 11.8. The summed E-state index contributed by atoms with van der Waals surface area (Å²) in [6, 6.07) is 9.95. The molecule has 1 aliphatic heterocycles. The normalized spacial score (nSPS) is 20.1. The first-order valence-electron chi connectivity index (χ1n) is 7.24. The van der Waals surface area contributed by atoms with Crippen LogP contribution in [0.5, 0.6) is 0 Å². The number of carbonyl (C=O) groups is 1. The van der Waals surface area contributed by atoms with Crippen molar-refractivity contribution in [2.75, 3.05) is 0 Å². The van der Waals surface area contributed by atoms with E-state index in [2.05, 4.69) is 15.3 Å². The van der Waals surface area contributed by atoms with Gasteiger partial charge in [0, 0.05) is 6.54 Å². The molecule has 2 heterocycles. The van der Waals surface area contributed by atoms with E-state index in [4.69, 9.17) is 0 Å². The molecule has 0 saturated heterocycles. The van der Waals surface area contributed by atoms with E-state index >= 15 is 0 Å². The molecule has 9 heteroatoms. The van der Waals surface area contributed by atoms with E-state index in [9.17, 15) is 23.1 Å². The lowest BCUT2D eigenvalue weighted by atomic mass is 10.0. The van der Waals surface area contributed by atoms with Gasteiger partial charge < -0.3 is 15.3 Å². The maximum Gasteiger partial charge on any atom is 0.458 e. The Hall–Kier alpha value is -2.39. The summed E-state index contributed by atoms with van der Waals surface area (Å²) in [7, 11) is 0. The summed E-state index contributed by atoms with van der Waals surface area (Å²) >= 11 is 1.33. The van der Waals surface area contributed by atoms with Crippen LogP contribution < -0.4 is 5.32 Å². The molecular weight excluding hydrogens is 357 g/mol. The fraction of sp³-hybridized carbons (Fsp3) is 0.250. The Morgan fingerprint density at radius 1 is 1.32 bits per heavy atom. The number of thiophene rings is 1. The zero-order valence-corrected chi connectivity index (χ0v) is 13.5. The van der Waals surface area contributed by atoms with Gasteiger partial charge in [0.2, 0.25) is 0 Å². The Balaban J connectivity index is 1.61. The molecule has 2 N–H and O–H groups in total. The van der Waals surface area contributed by atoms with Crippen molar-refractivity contribution in [3.63, 3.8) is 0 Å². The second-order valence-electron chi connectivity index (χ2n) is 5.45. The van der Waals surface area contributed by atoms with Crippen molar-refractivity contribution in [3.8, 4) is 0 Å². The molecule has 1 aromatic heterocycles. The van der Waals surface area contributed by atoms with Gasteiger partial charge in [-0.25, -0.2) is 0 Å². The monoisotopic (exact) mass is 370 g/mol. The van der Waals surface area contributed by atoms with Gasteiger partial charge in [-0.15, -0.1) is 11.3 Å². The fourth-order valence-corrected chi connectivity index (χ4v) is 2.86. The zero-order chi connectivity index (χ0) is 18.1. The maximum atomic E-state index is 12.7. The van der Waals surface area contributed by atoms with Crippen LogP contribution in [0.3, 0.4) is 0 Å². The van der Waals surface area contributed by atoms with E-state index < -0.39 is 18.4 Å². The first kappa shape index (κ1) is 17.4. The van der Waals surface area contributed by atoms with Crippen molar-refractivity contribution >= 4 is 23.0 Å². The van der Waals surface area contributed by atoms with Crippen LogP contribution in [0.15, 0.2) is 46.9 Å². The molecule has 1 unspecified atom stereocenters. The lowest BCUT2D eigenvalue weighted by molar-refractivity contribution is -0.355. The average molecular weight is 370 g/mol. The molecule has 0 bridgehead atoms. The number of hydrogen-bond acceptors (Lipinski definition) is 5. The highest BCUT2D eigenvalue weighted by atomic mass is 32.1. The quantitative estimate of drug-likeness (QED) is 0.869. The van der Waals surface area contributed by atoms with Gasteiger partial charge in [-0.3, -0.25) is 4.79 Å². The van der Waals surface area contributed by atoms with Crippen LogP contribution in [0.25, 0.3) is 0 Å². The van der Waals surface area contributed by atoms with Crippen molar-refractivity contribution in [1.29, 1.82) is 0 Å². The molecule has 2 aromatic rings. The number of hydrogen-bond donors (Lipinski definition) is 2. The van der Waals surface area contributed by atoms with Crippen LogP contribution in [0, 0.1) is 0 Å². The Morgan fingerprint density at radius 2 is 2.04 bits per heavy atom. The molecule has 3 rings (SSSR count). The highest BCUT2D eigenvalue weighted by Crippen LogP contribution is 2.38. The largest absolute Gasteiger partial charge is 0.458 e. The molecule has 1 aromatic carbocycles. The smallest absolute Gasteiger partial charge is 0.350 e. The van der Waals surface area contributed by atoms with Gasteiger partial charge in [0.15, 0.2) is 0 Å². The van der Waals surface area contributed by atoms with E-state index in [1.807, 2.05) is 0 Å². The predicted octanol–water partition coefficient (Wildman–Crippen LogP) is 3.05. The third-order valence-corrected chi connectivity index (χ3v) is 4.51. The van der Waals surface area contributed by atoms with Crippen LogP contribution in [0.4, 0.5) is 13.2 Å². The second kappa shape index (κ2) is 6.49. The number of nitrogens with one attached hydrogen (secondary N) is 1. The maximum absolute atomic E-state index is 12.7. The SMILES string of the molecule is O=C(NCc1ccc(C2=NOC(O)(C(F)(F)F)C2)cc1)c1cccs1. The number of halogens is 3. The highest BCUT2D eigenvalue weighted by molar-refractivity contribution is 7.12. The van der Waals surface area contributed by atoms with Crippen molar-refractivity contribution in [1.82, 2.24) is 5.32 Å². The van der Waals surface area contributed by atoms with Gasteiger partial charge in [-0.05, 0) is 22.6 Å². The number of aliphatic hydroxyl groups is 1. The van der Waals surface area contributed by atoms with Crippen LogP contribution in [0.1, 0.15) is 27.2 Å². The number of benzene rings is 1. The van der Waals surface area contributed by atoms with Gasteiger partial charge in [0.25, 0.3) is 5.91 Å². The lowest BCUT2D eigenvalue weighted by Crippen LogP contribution is -2.45. The number of carbonyl (C=O) groups excluding carboxylic acids is 1. The van der Waals surface area contributed by atoms with E-state index in [1.165, 1.54) is 11.3 Å². The van der Waals surface area contributed by atoms with Crippen LogP contribution in [-0.2, 0) is 11.4 Å². The fourth-order valence-electron chi connectivity index (χ4n) is 2.22. The molecule has 1 aliphatic rings. The average Bonchev–Trinajstić information content (AvgIpc) is 3.23. The van der Waals surface area contributed by atoms with Crippen LogP contribution in [0.2, 0.25) is 0 Å². The number of nitrogens with zero attached hydrogens (tertiary/aromatic N) is 1. The molecule has 0 fully saturated rings. The molecule has 5 nitrogen and oxygen atoms in total. The van der Waals surface area contributed by atoms with Gasteiger partial charge in [0.05, 0.1) is 17.0 Å². The third kappa shape index (κ3) is 3.67. The number of alkyl halides is 3. The predicted molar refractivity (Wildman–Crippen MR) is 85.2 cm³/mol. The van der Waals surface area contributed by atoms with Crippen molar-refractivity contribution in [2.45, 2.75) is 24.9 Å².